The zero-order valence-corrected chi connectivity index (χ0v) is 11.4. The zero-order chi connectivity index (χ0) is 14.5. The summed E-state index contributed by atoms with van der Waals surface area (Å²) in [6.45, 7) is 0.504. The number of hydrogen-bond donors (Lipinski definition) is 3. The van der Waals surface area contributed by atoms with Gasteiger partial charge in [0.05, 0.1) is 17.6 Å². The van der Waals surface area contributed by atoms with E-state index in [4.69, 9.17) is 23.7 Å². The lowest BCUT2D eigenvalue weighted by Crippen LogP contribution is -2.20. The molecule has 0 spiro atoms. The lowest BCUT2D eigenvalue weighted by Gasteiger charge is -2.11. The van der Waals surface area contributed by atoms with E-state index in [1.54, 1.807) is 0 Å². The highest BCUT2D eigenvalue weighted by atomic mass is 32.1. The number of amides is 1. The van der Waals surface area contributed by atoms with E-state index >= 15 is 0 Å². The number of nitrogens with two attached hydrogens (primary N) is 2. The third-order valence-electron chi connectivity index (χ3n) is 2.63. The number of hydrogen-bond acceptors (Lipinski definition) is 5. The minimum Gasteiger partial charge on any atom is -0.448 e. The van der Waals surface area contributed by atoms with Crippen LogP contribution in [0.5, 0.6) is 0 Å². The van der Waals surface area contributed by atoms with Crippen molar-refractivity contribution in [2.24, 2.45) is 11.5 Å². The number of thiocarbonyl (C=S) groups is 1. The Bertz CT molecular complexity index is 660. The molecule has 1 heterocycles. The van der Waals surface area contributed by atoms with Gasteiger partial charge in [-0.2, -0.15) is 0 Å². The summed E-state index contributed by atoms with van der Waals surface area (Å²) in [6.07, 6.45) is -0.812. The molecule has 0 aliphatic heterocycles. The van der Waals surface area contributed by atoms with Crippen molar-refractivity contribution in [3.63, 3.8) is 0 Å². The van der Waals surface area contributed by atoms with Crippen LogP contribution >= 0.6 is 12.2 Å². The van der Waals surface area contributed by atoms with Crippen LogP contribution in [-0.2, 0) is 4.74 Å². The average Bonchev–Trinajstić information content (AvgIpc) is 2.42. The lowest BCUT2D eigenvalue weighted by atomic mass is 10.1. The Balaban J connectivity index is 2.23. The summed E-state index contributed by atoms with van der Waals surface area (Å²) in [4.78, 5) is 15.2. The number of anilines is 1. The molecule has 1 aromatic heterocycles. The standard InChI is InChI=1S/C13H14N4O2S/c14-11(20)9-7-8-3-1-2-4-10(8)17-12(9)16-5-6-19-13(15)18/h1-4,7H,5-6H2,(H2,14,20)(H2,15,18)(H,16,17). The predicted octanol–water partition coefficient (Wildman–Crippen LogP) is 1.38. The number of ether oxygens (including phenoxy) is 1. The molecule has 7 heteroatoms. The molecule has 5 N–H and O–H groups in total. The second-order valence-corrected chi connectivity index (χ2v) is 4.48. The van der Waals surface area contributed by atoms with Crippen molar-refractivity contribution >= 4 is 40.0 Å². The largest absolute Gasteiger partial charge is 0.448 e. The molecule has 0 atom stereocenters. The number of primary amides is 1. The van der Waals surface area contributed by atoms with Gasteiger partial charge in [0.25, 0.3) is 0 Å². The summed E-state index contributed by atoms with van der Waals surface area (Å²) in [5.74, 6) is 0.560. The molecule has 0 saturated carbocycles. The maximum absolute atomic E-state index is 10.5. The van der Waals surface area contributed by atoms with Crippen LogP contribution in [-0.4, -0.2) is 29.2 Å². The van der Waals surface area contributed by atoms with Gasteiger partial charge in [0.2, 0.25) is 0 Å². The number of benzene rings is 1. The monoisotopic (exact) mass is 290 g/mol. The summed E-state index contributed by atoms with van der Waals surface area (Å²) >= 11 is 5.03. The molecule has 6 nitrogen and oxygen atoms in total. The van der Waals surface area contributed by atoms with Gasteiger partial charge in [-0.15, -0.1) is 0 Å². The van der Waals surface area contributed by atoms with Crippen LogP contribution in [0.15, 0.2) is 30.3 Å². The van der Waals surface area contributed by atoms with Gasteiger partial charge in [-0.25, -0.2) is 9.78 Å². The van der Waals surface area contributed by atoms with Gasteiger partial charge in [0.15, 0.2) is 0 Å². The summed E-state index contributed by atoms with van der Waals surface area (Å²) < 4.78 is 4.64. The molecule has 0 saturated heterocycles. The van der Waals surface area contributed by atoms with Gasteiger partial charge in [0.1, 0.15) is 17.4 Å². The van der Waals surface area contributed by atoms with E-state index in [0.29, 0.717) is 17.9 Å². The molecule has 0 radical (unpaired) electrons. The van der Waals surface area contributed by atoms with E-state index in [1.807, 2.05) is 30.3 Å². The number of rotatable bonds is 5. The van der Waals surface area contributed by atoms with Crippen molar-refractivity contribution < 1.29 is 9.53 Å². The fraction of sp³-hybridized carbons (Fsp3) is 0.154. The minimum atomic E-state index is -0.812. The number of pyridine rings is 1. The maximum Gasteiger partial charge on any atom is 0.404 e. The fourth-order valence-electron chi connectivity index (χ4n) is 1.76. The first-order valence-corrected chi connectivity index (χ1v) is 6.34. The van der Waals surface area contributed by atoms with Crippen LogP contribution in [0.1, 0.15) is 5.56 Å². The number of nitrogens with one attached hydrogen (secondary N) is 1. The Labute approximate surface area is 121 Å². The second kappa shape index (κ2) is 6.16. The first-order chi connectivity index (χ1) is 9.58. The minimum absolute atomic E-state index is 0.139. The SMILES string of the molecule is NC(=O)OCCNc1nc2ccccc2cc1C(N)=S. The molecule has 2 aromatic rings. The Kier molecular flexibility index (Phi) is 4.31. The van der Waals surface area contributed by atoms with Crippen LogP contribution in [0.2, 0.25) is 0 Å². The highest BCUT2D eigenvalue weighted by Gasteiger charge is 2.09. The van der Waals surface area contributed by atoms with Crippen molar-refractivity contribution in [3.8, 4) is 0 Å². The van der Waals surface area contributed by atoms with Crippen molar-refractivity contribution in [1.82, 2.24) is 4.98 Å². The Morgan fingerprint density at radius 2 is 2.10 bits per heavy atom. The molecule has 2 rings (SSSR count). The molecule has 1 amide bonds. The molecule has 0 bridgehead atoms. The van der Waals surface area contributed by atoms with Gasteiger partial charge >= 0.3 is 6.09 Å². The number of carbonyl (C=O) groups is 1. The van der Waals surface area contributed by atoms with Crippen molar-refractivity contribution in [2.45, 2.75) is 0 Å². The molecule has 0 aliphatic carbocycles. The molecular formula is C13H14N4O2S. The molecule has 0 aliphatic rings. The number of aromatic nitrogens is 1. The van der Waals surface area contributed by atoms with Gasteiger partial charge < -0.3 is 21.5 Å². The highest BCUT2D eigenvalue weighted by molar-refractivity contribution is 7.80. The fourth-order valence-corrected chi connectivity index (χ4v) is 1.92. The van der Waals surface area contributed by atoms with Crippen molar-refractivity contribution in [1.29, 1.82) is 0 Å². The first kappa shape index (κ1) is 14.0. The van der Waals surface area contributed by atoms with Gasteiger partial charge in [-0.1, -0.05) is 30.4 Å². The Morgan fingerprint density at radius 3 is 2.80 bits per heavy atom. The van der Waals surface area contributed by atoms with E-state index in [0.717, 1.165) is 10.9 Å². The van der Waals surface area contributed by atoms with Crippen LogP contribution in [0.25, 0.3) is 10.9 Å². The van der Waals surface area contributed by atoms with E-state index in [9.17, 15) is 4.79 Å². The van der Waals surface area contributed by atoms with Crippen LogP contribution < -0.4 is 16.8 Å². The van der Waals surface area contributed by atoms with E-state index < -0.39 is 6.09 Å². The van der Waals surface area contributed by atoms with Crippen LogP contribution in [0.4, 0.5) is 10.6 Å². The highest BCUT2D eigenvalue weighted by Crippen LogP contribution is 2.20. The summed E-state index contributed by atoms with van der Waals surface area (Å²) in [6, 6.07) is 9.52. The number of para-hydroxylation sites is 1. The van der Waals surface area contributed by atoms with E-state index in [-0.39, 0.29) is 11.6 Å². The topological polar surface area (TPSA) is 103 Å². The van der Waals surface area contributed by atoms with Gasteiger partial charge in [-0.05, 0) is 12.1 Å². The van der Waals surface area contributed by atoms with Crippen LogP contribution in [0, 0.1) is 0 Å². The summed E-state index contributed by atoms with van der Waals surface area (Å²) in [7, 11) is 0. The smallest absolute Gasteiger partial charge is 0.404 e. The van der Waals surface area contributed by atoms with E-state index in [1.165, 1.54) is 0 Å². The third-order valence-corrected chi connectivity index (χ3v) is 2.85. The lowest BCUT2D eigenvalue weighted by molar-refractivity contribution is 0.161. The number of carbonyl (C=O) groups excluding carboxylic acids is 1. The van der Waals surface area contributed by atoms with Gasteiger partial charge in [0, 0.05) is 5.39 Å². The third kappa shape index (κ3) is 3.33. The summed E-state index contributed by atoms with van der Waals surface area (Å²) in [5.41, 5.74) is 12.1. The molecular weight excluding hydrogens is 276 g/mol. The Morgan fingerprint density at radius 1 is 1.35 bits per heavy atom. The molecule has 0 fully saturated rings. The molecule has 0 unspecified atom stereocenters. The van der Waals surface area contributed by atoms with E-state index in [2.05, 4.69) is 15.0 Å². The average molecular weight is 290 g/mol. The second-order valence-electron chi connectivity index (χ2n) is 4.04. The number of nitrogens with zero attached hydrogens (tertiary/aromatic N) is 1. The normalized spacial score (nSPS) is 10.2. The molecule has 1 aromatic carbocycles. The quantitative estimate of drug-likeness (QED) is 0.568. The van der Waals surface area contributed by atoms with Gasteiger partial charge in [-0.3, -0.25) is 0 Å². The zero-order valence-electron chi connectivity index (χ0n) is 10.6. The van der Waals surface area contributed by atoms with Crippen molar-refractivity contribution in [2.75, 3.05) is 18.5 Å². The Hall–Kier alpha value is -2.41. The maximum atomic E-state index is 10.5. The summed E-state index contributed by atoms with van der Waals surface area (Å²) in [5, 5.41) is 3.98. The molecule has 20 heavy (non-hydrogen) atoms. The van der Waals surface area contributed by atoms with Crippen LogP contribution in [0.3, 0.4) is 0 Å². The van der Waals surface area contributed by atoms with Crippen molar-refractivity contribution in [3.05, 3.63) is 35.9 Å². The molecule has 104 valence electrons. The first-order valence-electron chi connectivity index (χ1n) is 5.93. The predicted molar refractivity (Wildman–Crippen MR) is 81.7 cm³/mol. The number of fused-ring (bicyclic) bond motifs is 1.